The predicted octanol–water partition coefficient (Wildman–Crippen LogP) is 2.82. The Morgan fingerprint density at radius 3 is 2.92 bits per heavy atom. The maximum absolute atomic E-state index is 4.70. The second-order valence-electron chi connectivity index (χ2n) is 7.05. The summed E-state index contributed by atoms with van der Waals surface area (Å²) in [5.74, 6) is 1.33. The highest BCUT2D eigenvalue weighted by molar-refractivity contribution is 5.47. The van der Waals surface area contributed by atoms with E-state index in [-0.39, 0.29) is 0 Å². The van der Waals surface area contributed by atoms with Crippen molar-refractivity contribution in [3.63, 3.8) is 0 Å². The fourth-order valence-electron chi connectivity index (χ4n) is 3.81. The lowest BCUT2D eigenvalue weighted by Gasteiger charge is -2.32. The van der Waals surface area contributed by atoms with Gasteiger partial charge in [-0.1, -0.05) is 0 Å². The highest BCUT2D eigenvalue weighted by Crippen LogP contribution is 2.27. The van der Waals surface area contributed by atoms with Crippen molar-refractivity contribution in [1.29, 1.82) is 0 Å². The number of rotatable bonds is 3. The van der Waals surface area contributed by atoms with Gasteiger partial charge in [0.15, 0.2) is 5.65 Å². The molecule has 1 aliphatic rings. The Kier molecular flexibility index (Phi) is 4.21. The third-order valence-corrected chi connectivity index (χ3v) is 4.97. The molecule has 0 spiro atoms. The zero-order chi connectivity index (χ0) is 17.4. The fourth-order valence-corrected chi connectivity index (χ4v) is 3.81. The lowest BCUT2D eigenvalue weighted by Crippen LogP contribution is -2.34. The first-order valence-corrected chi connectivity index (χ1v) is 8.93. The molecule has 0 aliphatic carbocycles. The molecule has 6 nitrogen and oxygen atoms in total. The SMILES string of the molecule is Cc1cc(C)n2ncc(CN3CCC[C@@H](c4ccnc(C)n4)C3)c2n1. The van der Waals surface area contributed by atoms with Crippen molar-refractivity contribution in [3.8, 4) is 0 Å². The average Bonchev–Trinajstić information content (AvgIpc) is 2.98. The monoisotopic (exact) mass is 336 g/mol. The number of nitrogens with zero attached hydrogens (tertiary/aromatic N) is 6. The van der Waals surface area contributed by atoms with Gasteiger partial charge in [-0.15, -0.1) is 0 Å². The Balaban J connectivity index is 1.55. The second-order valence-corrected chi connectivity index (χ2v) is 7.05. The fraction of sp³-hybridized carbons (Fsp3) is 0.474. The summed E-state index contributed by atoms with van der Waals surface area (Å²) >= 11 is 0. The molecule has 1 atom stereocenters. The van der Waals surface area contributed by atoms with Gasteiger partial charge in [0.05, 0.1) is 6.20 Å². The minimum Gasteiger partial charge on any atom is -0.298 e. The van der Waals surface area contributed by atoms with E-state index in [0.717, 1.165) is 42.5 Å². The largest absolute Gasteiger partial charge is 0.298 e. The Labute approximate surface area is 147 Å². The molecule has 130 valence electrons. The van der Waals surface area contributed by atoms with Crippen LogP contribution in [0.5, 0.6) is 0 Å². The molecular formula is C19H24N6. The average molecular weight is 336 g/mol. The van der Waals surface area contributed by atoms with Crippen molar-refractivity contribution in [2.45, 2.75) is 46.1 Å². The van der Waals surface area contributed by atoms with Crippen molar-refractivity contribution in [1.82, 2.24) is 29.5 Å². The summed E-state index contributed by atoms with van der Waals surface area (Å²) in [6, 6.07) is 4.13. The van der Waals surface area contributed by atoms with Crippen LogP contribution in [0.2, 0.25) is 0 Å². The normalized spacial score (nSPS) is 18.8. The Bertz CT molecular complexity index is 900. The smallest absolute Gasteiger partial charge is 0.159 e. The molecule has 4 heterocycles. The molecule has 0 aromatic carbocycles. The van der Waals surface area contributed by atoms with Crippen LogP contribution in [0.15, 0.2) is 24.5 Å². The van der Waals surface area contributed by atoms with E-state index in [1.54, 1.807) is 0 Å². The topological polar surface area (TPSA) is 59.2 Å². The molecular weight excluding hydrogens is 312 g/mol. The summed E-state index contributed by atoms with van der Waals surface area (Å²) in [6.07, 6.45) is 6.22. The van der Waals surface area contributed by atoms with Gasteiger partial charge in [-0.05, 0) is 52.3 Å². The Hall–Kier alpha value is -2.34. The van der Waals surface area contributed by atoms with Gasteiger partial charge in [-0.3, -0.25) is 4.90 Å². The molecule has 6 heteroatoms. The maximum Gasteiger partial charge on any atom is 0.159 e. The zero-order valence-electron chi connectivity index (χ0n) is 15.1. The van der Waals surface area contributed by atoms with E-state index in [4.69, 9.17) is 4.98 Å². The number of fused-ring (bicyclic) bond motifs is 1. The number of hydrogen-bond donors (Lipinski definition) is 0. The maximum atomic E-state index is 4.70. The van der Waals surface area contributed by atoms with E-state index in [9.17, 15) is 0 Å². The van der Waals surface area contributed by atoms with Gasteiger partial charge in [-0.25, -0.2) is 19.5 Å². The van der Waals surface area contributed by atoms with E-state index in [0.29, 0.717) is 5.92 Å². The summed E-state index contributed by atoms with van der Waals surface area (Å²) in [5.41, 5.74) is 5.52. The van der Waals surface area contributed by atoms with Gasteiger partial charge in [0.25, 0.3) is 0 Å². The molecule has 1 saturated heterocycles. The first-order valence-electron chi connectivity index (χ1n) is 8.93. The molecule has 0 bridgehead atoms. The number of piperidine rings is 1. The van der Waals surface area contributed by atoms with Crippen LogP contribution in [0.4, 0.5) is 0 Å². The van der Waals surface area contributed by atoms with E-state index in [1.807, 2.05) is 30.8 Å². The van der Waals surface area contributed by atoms with Crippen LogP contribution < -0.4 is 0 Å². The van der Waals surface area contributed by atoms with Crippen LogP contribution in [0.1, 0.15) is 47.2 Å². The number of aryl methyl sites for hydroxylation is 3. The quantitative estimate of drug-likeness (QED) is 0.736. The van der Waals surface area contributed by atoms with E-state index in [1.165, 1.54) is 24.1 Å². The lowest BCUT2D eigenvalue weighted by molar-refractivity contribution is 0.199. The van der Waals surface area contributed by atoms with Crippen LogP contribution in [-0.4, -0.2) is 42.6 Å². The number of likely N-dealkylation sites (tertiary alicyclic amines) is 1. The first kappa shape index (κ1) is 16.1. The van der Waals surface area contributed by atoms with Gasteiger partial charge >= 0.3 is 0 Å². The molecule has 0 saturated carbocycles. The third-order valence-electron chi connectivity index (χ3n) is 4.97. The lowest BCUT2D eigenvalue weighted by atomic mass is 9.94. The van der Waals surface area contributed by atoms with Crippen molar-refractivity contribution >= 4 is 5.65 Å². The van der Waals surface area contributed by atoms with Crippen LogP contribution in [-0.2, 0) is 6.54 Å². The van der Waals surface area contributed by atoms with Gasteiger partial charge < -0.3 is 0 Å². The summed E-state index contributed by atoms with van der Waals surface area (Å²) in [4.78, 5) is 16.1. The summed E-state index contributed by atoms with van der Waals surface area (Å²) < 4.78 is 1.94. The summed E-state index contributed by atoms with van der Waals surface area (Å²) in [7, 11) is 0. The van der Waals surface area contributed by atoms with Gasteiger partial charge in [0.2, 0.25) is 0 Å². The van der Waals surface area contributed by atoms with Gasteiger partial charge in [-0.2, -0.15) is 5.10 Å². The van der Waals surface area contributed by atoms with Gasteiger partial charge in [0, 0.05) is 47.8 Å². The summed E-state index contributed by atoms with van der Waals surface area (Å²) in [5, 5.41) is 4.52. The highest BCUT2D eigenvalue weighted by Gasteiger charge is 2.23. The van der Waals surface area contributed by atoms with Crippen molar-refractivity contribution in [3.05, 3.63) is 53.0 Å². The van der Waals surface area contributed by atoms with Crippen LogP contribution in [0, 0.1) is 20.8 Å². The van der Waals surface area contributed by atoms with E-state index < -0.39 is 0 Å². The third kappa shape index (κ3) is 3.26. The first-order chi connectivity index (χ1) is 12.1. The molecule has 0 unspecified atom stereocenters. The Morgan fingerprint density at radius 2 is 2.08 bits per heavy atom. The van der Waals surface area contributed by atoms with Crippen LogP contribution in [0.3, 0.4) is 0 Å². The summed E-state index contributed by atoms with van der Waals surface area (Å²) in [6.45, 7) is 9.10. The molecule has 0 amide bonds. The van der Waals surface area contributed by atoms with E-state index in [2.05, 4.69) is 39.0 Å². The molecule has 25 heavy (non-hydrogen) atoms. The van der Waals surface area contributed by atoms with Gasteiger partial charge in [0.1, 0.15) is 5.82 Å². The highest BCUT2D eigenvalue weighted by atomic mass is 15.3. The molecule has 1 aliphatic heterocycles. The second kappa shape index (κ2) is 6.52. The predicted molar refractivity (Wildman–Crippen MR) is 96.5 cm³/mol. The number of hydrogen-bond acceptors (Lipinski definition) is 5. The molecule has 0 N–H and O–H groups in total. The van der Waals surface area contributed by atoms with Crippen molar-refractivity contribution < 1.29 is 0 Å². The molecule has 3 aromatic rings. The minimum absolute atomic E-state index is 0.480. The Morgan fingerprint density at radius 1 is 1.20 bits per heavy atom. The van der Waals surface area contributed by atoms with Crippen molar-refractivity contribution in [2.24, 2.45) is 0 Å². The standard InChI is InChI=1S/C19H24N6/c1-13-9-14(2)25-19(22-13)17(10-21-25)12-24-8-4-5-16(11-24)18-6-7-20-15(3)23-18/h6-7,9-10,16H,4-5,8,11-12H2,1-3H3/t16-/m1/s1. The van der Waals surface area contributed by atoms with Crippen LogP contribution >= 0.6 is 0 Å². The molecule has 1 fully saturated rings. The van der Waals surface area contributed by atoms with Crippen LogP contribution in [0.25, 0.3) is 5.65 Å². The van der Waals surface area contributed by atoms with E-state index >= 15 is 0 Å². The zero-order valence-corrected chi connectivity index (χ0v) is 15.1. The van der Waals surface area contributed by atoms with Crippen molar-refractivity contribution in [2.75, 3.05) is 13.1 Å². The molecule has 3 aromatic heterocycles. The number of aromatic nitrogens is 5. The molecule has 4 rings (SSSR count). The minimum atomic E-state index is 0.480. The molecule has 0 radical (unpaired) electrons.